The molecule has 0 aromatic rings. The van der Waals surface area contributed by atoms with Crippen LogP contribution in [0.25, 0.3) is 0 Å². The van der Waals surface area contributed by atoms with Gasteiger partial charge in [-0.05, 0) is 13.5 Å². The van der Waals surface area contributed by atoms with E-state index in [4.69, 9.17) is 5.73 Å². The first kappa shape index (κ1) is 34.5. The maximum absolute atomic E-state index is 11.3. The topological polar surface area (TPSA) is 156 Å². The Morgan fingerprint density at radius 3 is 1.79 bits per heavy atom. The van der Waals surface area contributed by atoms with Crippen LogP contribution in [0.1, 0.15) is 71.1 Å². The fourth-order valence-electron chi connectivity index (χ4n) is 2.18. The number of hydrogen-bond acceptors (Lipinski definition) is 9. The maximum atomic E-state index is 11.3. The van der Waals surface area contributed by atoms with Crippen LogP contribution in [0.2, 0.25) is 0 Å². The molecule has 0 aliphatic heterocycles. The van der Waals surface area contributed by atoms with E-state index in [0.29, 0.717) is 6.42 Å². The van der Waals surface area contributed by atoms with Crippen molar-refractivity contribution in [3.8, 4) is 0 Å². The minimum atomic E-state index is -4.00. The van der Waals surface area contributed by atoms with Gasteiger partial charge in [0.05, 0.1) is 21.6 Å². The van der Waals surface area contributed by atoms with Gasteiger partial charge in [0, 0.05) is 19.5 Å². The summed E-state index contributed by atoms with van der Waals surface area (Å²) in [5.74, 6) is -1.30. The van der Waals surface area contributed by atoms with Crippen molar-refractivity contribution in [1.29, 1.82) is 0 Å². The molecular weight excluding hydrogens is 447 g/mol. The van der Waals surface area contributed by atoms with E-state index in [9.17, 15) is 26.2 Å². The van der Waals surface area contributed by atoms with Gasteiger partial charge in [-0.1, -0.05) is 58.3 Å². The Balaban J connectivity index is -0.000000636. The molecule has 0 aromatic heterocycles. The van der Waals surface area contributed by atoms with Crippen LogP contribution in [0.5, 0.6) is 0 Å². The third-order valence-corrected chi connectivity index (χ3v) is 5.55. The molecule has 0 aliphatic rings. The predicted molar refractivity (Wildman–Crippen MR) is 109 cm³/mol. The van der Waals surface area contributed by atoms with Gasteiger partial charge in [0.1, 0.15) is 0 Å². The Morgan fingerprint density at radius 1 is 0.931 bits per heavy atom. The van der Waals surface area contributed by atoms with Gasteiger partial charge in [0.2, 0.25) is 0 Å². The Kier molecular flexibility index (Phi) is 26.3. The molecule has 12 heteroatoms. The summed E-state index contributed by atoms with van der Waals surface area (Å²) in [4.78, 5) is 11.3. The Bertz CT molecular complexity index is 585. The molecule has 0 fully saturated rings. The predicted octanol–water partition coefficient (Wildman–Crippen LogP) is -1.51. The molecule has 0 aromatic carbocycles. The molecule has 0 aliphatic carbocycles. The average Bonchev–Trinajstić information content (AvgIpc) is 2.58. The summed E-state index contributed by atoms with van der Waals surface area (Å²) in [7, 11) is -6.18. The zero-order valence-electron chi connectivity index (χ0n) is 18.2. The molecule has 0 spiro atoms. The average molecular weight is 485 g/mol. The van der Waals surface area contributed by atoms with E-state index in [1.165, 1.54) is 38.5 Å². The third-order valence-electron chi connectivity index (χ3n) is 3.67. The van der Waals surface area contributed by atoms with Gasteiger partial charge in [-0.2, -0.15) is 8.42 Å². The zero-order valence-corrected chi connectivity index (χ0v) is 22.9. The molecule has 0 radical (unpaired) electrons. The fourth-order valence-corrected chi connectivity index (χ4v) is 3.37. The van der Waals surface area contributed by atoms with E-state index in [2.05, 4.69) is 16.4 Å². The van der Waals surface area contributed by atoms with Crippen LogP contribution in [0.15, 0.2) is 0 Å². The van der Waals surface area contributed by atoms with Crippen LogP contribution >= 0.6 is 0 Å². The molecule has 0 atom stereocenters. The summed E-state index contributed by atoms with van der Waals surface area (Å²) >= 11 is 0. The fraction of sp³-hybridized carbons (Fsp3) is 0.941. The van der Waals surface area contributed by atoms with Gasteiger partial charge in [0.25, 0.3) is 0 Å². The van der Waals surface area contributed by atoms with Crippen molar-refractivity contribution in [2.24, 2.45) is 5.73 Å². The monoisotopic (exact) mass is 484 g/mol. The van der Waals surface area contributed by atoms with E-state index >= 15 is 0 Å². The number of hydrogen-bond donors (Lipinski definition) is 2. The molecular formula is C17H37KN2O7S2. The van der Waals surface area contributed by atoms with Crippen LogP contribution < -0.4 is 62.4 Å². The van der Waals surface area contributed by atoms with Crippen molar-refractivity contribution in [3.63, 3.8) is 0 Å². The van der Waals surface area contributed by atoms with E-state index in [-0.39, 0.29) is 82.4 Å². The first-order valence-electron chi connectivity index (χ1n) is 9.81. The first-order chi connectivity index (χ1) is 13.1. The number of nitrogens with one attached hydrogen (secondary N) is 1. The molecule has 29 heavy (non-hydrogen) atoms. The Labute approximate surface area is 219 Å². The van der Waals surface area contributed by atoms with Crippen LogP contribution in [-0.4, -0.2) is 59.0 Å². The summed E-state index contributed by atoms with van der Waals surface area (Å²) in [6, 6.07) is 0. The number of carbonyl (C=O) groups excluding carboxylic acids is 1. The van der Waals surface area contributed by atoms with Crippen LogP contribution in [0.3, 0.4) is 0 Å². The number of unbranched alkanes of at least 4 members (excludes halogenated alkanes) is 8. The molecule has 0 saturated carbocycles. The van der Waals surface area contributed by atoms with Crippen molar-refractivity contribution >= 4 is 26.2 Å². The van der Waals surface area contributed by atoms with Crippen molar-refractivity contribution in [1.82, 2.24) is 5.32 Å². The van der Waals surface area contributed by atoms with E-state index in [1.54, 1.807) is 7.05 Å². The molecule has 0 amide bonds. The summed E-state index contributed by atoms with van der Waals surface area (Å²) in [5, 5.41) is 2.55. The third kappa shape index (κ3) is 31.2. The Hall–Kier alpha value is 0.886. The van der Waals surface area contributed by atoms with E-state index in [1.807, 2.05) is 0 Å². The molecule has 9 nitrogen and oxygen atoms in total. The van der Waals surface area contributed by atoms with Gasteiger partial charge in [-0.25, -0.2) is 8.42 Å². The second-order valence-corrected chi connectivity index (χ2v) is 9.66. The second-order valence-electron chi connectivity index (χ2n) is 6.45. The molecule has 0 bridgehead atoms. The maximum Gasteiger partial charge on any atom is 1.00 e. The number of nitrogens with two attached hydrogens (primary N) is 1. The largest absolute Gasteiger partial charge is 1.00 e. The number of carbonyl (C=O) groups is 1. The molecule has 0 heterocycles. The molecule has 0 saturated heterocycles. The number of rotatable bonds is 16. The summed E-state index contributed by atoms with van der Waals surface area (Å²) in [6.45, 7) is 2.40. The van der Waals surface area contributed by atoms with Gasteiger partial charge >= 0.3 is 67.5 Å². The van der Waals surface area contributed by atoms with Crippen LogP contribution in [-0.2, 0) is 29.2 Å². The van der Waals surface area contributed by atoms with Crippen molar-refractivity contribution in [2.75, 3.05) is 31.6 Å². The first-order valence-corrected chi connectivity index (χ1v) is 13.0. The molecule has 0 rings (SSSR count). The van der Waals surface area contributed by atoms with Gasteiger partial charge in [0.15, 0.2) is 0 Å². The van der Waals surface area contributed by atoms with Gasteiger partial charge < -0.3 is 19.8 Å². The molecule has 170 valence electrons. The smallest absolute Gasteiger partial charge is 0.748 e. The summed E-state index contributed by atoms with van der Waals surface area (Å²) < 4.78 is 56.1. The minimum absolute atomic E-state index is 0. The van der Waals surface area contributed by atoms with Crippen molar-refractivity contribution < 1.29 is 81.8 Å². The molecule has 3 N–H and O–H groups in total. The summed E-state index contributed by atoms with van der Waals surface area (Å²) in [5.41, 5.74) is 5.12. The quantitative estimate of drug-likeness (QED) is 0.115. The Morgan fingerprint density at radius 2 is 1.41 bits per heavy atom. The summed E-state index contributed by atoms with van der Waals surface area (Å²) in [6.07, 6.45) is 10.5. The second kappa shape index (κ2) is 22.1. The van der Waals surface area contributed by atoms with E-state index < -0.39 is 26.2 Å². The standard InChI is InChI=1S/C14H29NO4S.C3H9NO3S.K/c1-2-3-4-5-6-7-8-9-10-11-14(16)19-20(17,18)13-12-15;1-4-2-3-8(5,6)7;/h2-13,15H2,1H3;4H,2-3H2,1H3,(H,5,6,7);/q;;+1/p-1. The minimum Gasteiger partial charge on any atom is -0.748 e. The van der Waals surface area contributed by atoms with Crippen LogP contribution in [0, 0.1) is 0 Å². The van der Waals surface area contributed by atoms with Crippen molar-refractivity contribution in [2.45, 2.75) is 71.1 Å². The zero-order chi connectivity index (χ0) is 21.9. The normalized spacial score (nSPS) is 11.2. The van der Waals surface area contributed by atoms with Crippen molar-refractivity contribution in [3.05, 3.63) is 0 Å². The SMILES string of the molecule is CCCCCCCCCCCC(=O)OS(=O)(=O)CCN.CNCCS(=O)(=O)[O-].[K+]. The van der Waals surface area contributed by atoms with Gasteiger partial charge in [-0.3, -0.25) is 4.79 Å². The van der Waals surface area contributed by atoms with Gasteiger partial charge in [-0.15, -0.1) is 0 Å². The van der Waals surface area contributed by atoms with E-state index in [0.717, 1.165) is 12.8 Å². The van der Waals surface area contributed by atoms with Crippen LogP contribution in [0.4, 0.5) is 0 Å². The molecule has 0 unspecified atom stereocenters.